The van der Waals surface area contributed by atoms with E-state index in [0.717, 1.165) is 24.8 Å². The zero-order valence-electron chi connectivity index (χ0n) is 18.2. The highest BCUT2D eigenvalue weighted by atomic mass is 16.3. The van der Waals surface area contributed by atoms with Gasteiger partial charge in [-0.3, -0.25) is 0 Å². The molecule has 0 amide bonds. The SMILES string of the molecule is CC(C)(CCC(Cc1ccccc1O)C(C)(C)c1ccccc1)c1ccccc1. The normalized spacial score (nSPS) is 13.2. The minimum absolute atomic E-state index is 0.0102. The maximum absolute atomic E-state index is 10.4. The van der Waals surface area contributed by atoms with Gasteiger partial charge >= 0.3 is 0 Å². The summed E-state index contributed by atoms with van der Waals surface area (Å²) in [5.41, 5.74) is 3.91. The molecule has 0 aromatic heterocycles. The van der Waals surface area contributed by atoms with Crippen LogP contribution >= 0.6 is 0 Å². The zero-order chi connectivity index (χ0) is 20.9. The molecule has 1 N–H and O–H groups in total. The summed E-state index contributed by atoms with van der Waals surface area (Å²) in [5.74, 6) is 0.824. The van der Waals surface area contributed by atoms with Gasteiger partial charge in [-0.05, 0) is 58.8 Å². The van der Waals surface area contributed by atoms with Crippen molar-refractivity contribution in [1.82, 2.24) is 0 Å². The molecule has 3 rings (SSSR count). The molecule has 1 nitrogen and oxygen atoms in total. The van der Waals surface area contributed by atoms with E-state index >= 15 is 0 Å². The van der Waals surface area contributed by atoms with Gasteiger partial charge in [0.2, 0.25) is 0 Å². The quantitative estimate of drug-likeness (QED) is 0.431. The monoisotopic (exact) mass is 386 g/mol. The number of phenols is 1. The number of hydrogen-bond donors (Lipinski definition) is 1. The molecule has 152 valence electrons. The van der Waals surface area contributed by atoms with Gasteiger partial charge in [-0.15, -0.1) is 0 Å². The number of rotatable bonds is 8. The lowest BCUT2D eigenvalue weighted by atomic mass is 9.67. The summed E-state index contributed by atoms with van der Waals surface area (Å²) in [4.78, 5) is 0. The molecule has 0 saturated carbocycles. The van der Waals surface area contributed by atoms with E-state index in [9.17, 15) is 5.11 Å². The summed E-state index contributed by atoms with van der Waals surface area (Å²) < 4.78 is 0. The number of phenolic OH excluding ortho intramolecular Hbond substituents is 1. The third-order valence-corrected chi connectivity index (χ3v) is 6.67. The molecule has 0 radical (unpaired) electrons. The van der Waals surface area contributed by atoms with Crippen LogP contribution in [0.5, 0.6) is 5.75 Å². The fourth-order valence-electron chi connectivity index (χ4n) is 4.34. The predicted octanol–water partition coefficient (Wildman–Crippen LogP) is 7.29. The Kier molecular flexibility index (Phi) is 6.47. The fraction of sp³-hybridized carbons (Fsp3) is 0.357. The van der Waals surface area contributed by atoms with E-state index in [1.807, 2.05) is 12.1 Å². The first-order valence-electron chi connectivity index (χ1n) is 10.7. The van der Waals surface area contributed by atoms with E-state index in [-0.39, 0.29) is 10.8 Å². The summed E-state index contributed by atoms with van der Waals surface area (Å²) in [5, 5.41) is 10.4. The molecular formula is C28H34O. The molecule has 3 aromatic carbocycles. The van der Waals surface area contributed by atoms with Crippen LogP contribution in [0.25, 0.3) is 0 Å². The van der Waals surface area contributed by atoms with Crippen molar-refractivity contribution in [2.75, 3.05) is 0 Å². The zero-order valence-corrected chi connectivity index (χ0v) is 18.2. The van der Waals surface area contributed by atoms with Crippen molar-refractivity contribution in [1.29, 1.82) is 0 Å². The number of hydrogen-bond acceptors (Lipinski definition) is 1. The number of benzene rings is 3. The van der Waals surface area contributed by atoms with Gasteiger partial charge in [0, 0.05) is 0 Å². The number of aromatic hydroxyl groups is 1. The maximum Gasteiger partial charge on any atom is 0.118 e. The first-order chi connectivity index (χ1) is 13.8. The minimum Gasteiger partial charge on any atom is -0.508 e. The third kappa shape index (κ3) is 5.09. The van der Waals surface area contributed by atoms with Crippen molar-refractivity contribution in [3.05, 3.63) is 102 Å². The standard InChI is InChI=1S/C28H34O/c1-27(2,23-14-7-5-8-15-23)20-19-25(21-22-13-11-12-18-26(22)29)28(3,4)24-16-9-6-10-17-24/h5-18,25,29H,19-21H2,1-4H3. The molecule has 0 saturated heterocycles. The first-order valence-corrected chi connectivity index (χ1v) is 10.7. The van der Waals surface area contributed by atoms with Gasteiger partial charge in [0.05, 0.1) is 0 Å². The van der Waals surface area contributed by atoms with Crippen LogP contribution in [0, 0.1) is 5.92 Å². The van der Waals surface area contributed by atoms with Gasteiger partial charge in [-0.25, -0.2) is 0 Å². The van der Waals surface area contributed by atoms with Crippen LogP contribution in [-0.4, -0.2) is 5.11 Å². The van der Waals surface area contributed by atoms with E-state index in [1.165, 1.54) is 11.1 Å². The lowest BCUT2D eigenvalue weighted by Crippen LogP contribution is -2.32. The third-order valence-electron chi connectivity index (χ3n) is 6.67. The highest BCUT2D eigenvalue weighted by Crippen LogP contribution is 2.40. The highest BCUT2D eigenvalue weighted by molar-refractivity contribution is 5.34. The Morgan fingerprint density at radius 1 is 0.690 bits per heavy atom. The average molecular weight is 387 g/mol. The van der Waals surface area contributed by atoms with Gasteiger partial charge < -0.3 is 5.11 Å². The summed E-state index contributed by atoms with van der Waals surface area (Å²) in [7, 11) is 0. The van der Waals surface area contributed by atoms with E-state index in [1.54, 1.807) is 6.07 Å². The van der Waals surface area contributed by atoms with Crippen molar-refractivity contribution < 1.29 is 5.11 Å². The Hall–Kier alpha value is -2.54. The summed E-state index contributed by atoms with van der Waals surface area (Å²) >= 11 is 0. The van der Waals surface area contributed by atoms with E-state index in [0.29, 0.717) is 11.7 Å². The molecule has 0 aliphatic heterocycles. The Balaban J connectivity index is 1.87. The van der Waals surface area contributed by atoms with Gasteiger partial charge in [0.15, 0.2) is 0 Å². The van der Waals surface area contributed by atoms with Crippen molar-refractivity contribution in [2.24, 2.45) is 5.92 Å². The van der Waals surface area contributed by atoms with Crippen molar-refractivity contribution in [3.63, 3.8) is 0 Å². The molecule has 29 heavy (non-hydrogen) atoms. The smallest absolute Gasteiger partial charge is 0.118 e. The molecule has 3 aromatic rings. The fourth-order valence-corrected chi connectivity index (χ4v) is 4.34. The van der Waals surface area contributed by atoms with E-state index in [2.05, 4.69) is 94.4 Å². The van der Waals surface area contributed by atoms with Crippen LogP contribution in [-0.2, 0) is 17.3 Å². The predicted molar refractivity (Wildman–Crippen MR) is 123 cm³/mol. The lowest BCUT2D eigenvalue weighted by molar-refractivity contribution is 0.265. The van der Waals surface area contributed by atoms with Crippen molar-refractivity contribution in [2.45, 2.75) is 57.8 Å². The van der Waals surface area contributed by atoms with Crippen LogP contribution in [0.3, 0.4) is 0 Å². The van der Waals surface area contributed by atoms with E-state index < -0.39 is 0 Å². The summed E-state index contributed by atoms with van der Waals surface area (Å²) in [6.07, 6.45) is 3.07. The Morgan fingerprint density at radius 2 is 1.21 bits per heavy atom. The Morgan fingerprint density at radius 3 is 1.79 bits per heavy atom. The van der Waals surface area contributed by atoms with Gasteiger partial charge in [0.1, 0.15) is 5.75 Å². The molecule has 0 bridgehead atoms. The largest absolute Gasteiger partial charge is 0.508 e. The Labute approximate surface area is 176 Å². The molecule has 1 unspecified atom stereocenters. The molecule has 1 heteroatoms. The van der Waals surface area contributed by atoms with Crippen LogP contribution < -0.4 is 0 Å². The van der Waals surface area contributed by atoms with Crippen LogP contribution in [0.4, 0.5) is 0 Å². The molecular weight excluding hydrogens is 352 g/mol. The molecule has 0 aliphatic carbocycles. The summed E-state index contributed by atoms with van der Waals surface area (Å²) in [6, 6.07) is 29.4. The second-order valence-corrected chi connectivity index (χ2v) is 9.41. The first kappa shape index (κ1) is 21.2. The topological polar surface area (TPSA) is 20.2 Å². The van der Waals surface area contributed by atoms with E-state index in [4.69, 9.17) is 0 Å². The molecule has 0 fully saturated rings. The number of para-hydroxylation sites is 1. The Bertz CT molecular complexity index is 894. The second kappa shape index (κ2) is 8.86. The lowest BCUT2D eigenvalue weighted by Gasteiger charge is -2.38. The van der Waals surface area contributed by atoms with Crippen LogP contribution in [0.2, 0.25) is 0 Å². The highest BCUT2D eigenvalue weighted by Gasteiger charge is 2.33. The second-order valence-electron chi connectivity index (χ2n) is 9.41. The van der Waals surface area contributed by atoms with Crippen molar-refractivity contribution >= 4 is 0 Å². The molecule has 0 spiro atoms. The molecule has 0 heterocycles. The van der Waals surface area contributed by atoms with Gasteiger partial charge in [0.25, 0.3) is 0 Å². The molecule has 1 atom stereocenters. The average Bonchev–Trinajstić information content (AvgIpc) is 2.73. The maximum atomic E-state index is 10.4. The summed E-state index contributed by atoms with van der Waals surface area (Å²) in [6.45, 7) is 9.38. The van der Waals surface area contributed by atoms with Crippen molar-refractivity contribution in [3.8, 4) is 5.75 Å². The minimum atomic E-state index is 0.0102. The van der Waals surface area contributed by atoms with Gasteiger partial charge in [-0.1, -0.05) is 107 Å². The van der Waals surface area contributed by atoms with Crippen LogP contribution in [0.1, 0.15) is 57.2 Å². The van der Waals surface area contributed by atoms with Crippen LogP contribution in [0.15, 0.2) is 84.9 Å². The van der Waals surface area contributed by atoms with Gasteiger partial charge in [-0.2, -0.15) is 0 Å². The molecule has 0 aliphatic rings.